The lowest BCUT2D eigenvalue weighted by atomic mass is 10.2. The number of benzene rings is 1. The maximum Gasteiger partial charge on any atom is 0.210 e. The molecule has 6 heteroatoms. The van der Waals surface area contributed by atoms with Crippen LogP contribution in [0.3, 0.4) is 0 Å². The fraction of sp³-hybridized carbons (Fsp3) is 0.333. The van der Waals surface area contributed by atoms with E-state index in [0.717, 1.165) is 11.3 Å². The highest BCUT2D eigenvalue weighted by Gasteiger charge is 2.03. The third-order valence-corrected chi connectivity index (χ3v) is 2.74. The fourth-order valence-electron chi connectivity index (χ4n) is 1.16. The number of rotatable bonds is 4. The molecule has 0 heterocycles. The van der Waals surface area contributed by atoms with Gasteiger partial charge in [-0.05, 0) is 24.6 Å². The van der Waals surface area contributed by atoms with Crippen LogP contribution in [0.5, 0.6) is 0 Å². The van der Waals surface area contributed by atoms with E-state index >= 15 is 0 Å². The molecule has 0 saturated carbocycles. The first-order valence-electron chi connectivity index (χ1n) is 4.49. The van der Waals surface area contributed by atoms with E-state index < -0.39 is 10.0 Å². The molecule has 1 aromatic rings. The molecular weight excluding hydrogens is 214 g/mol. The lowest BCUT2D eigenvalue weighted by Crippen LogP contribution is -2.22. The fourth-order valence-corrected chi connectivity index (χ4v) is 1.54. The van der Waals surface area contributed by atoms with Crippen LogP contribution >= 0.6 is 0 Å². The van der Waals surface area contributed by atoms with Crippen LogP contribution in [-0.4, -0.2) is 20.7 Å². The van der Waals surface area contributed by atoms with Crippen LogP contribution in [0, 0.1) is 6.92 Å². The van der Waals surface area contributed by atoms with E-state index in [4.69, 9.17) is 10.9 Å². The van der Waals surface area contributed by atoms with Crippen LogP contribution in [0.2, 0.25) is 0 Å². The summed E-state index contributed by atoms with van der Waals surface area (Å²) in [5.41, 5.74) is 8.08. The van der Waals surface area contributed by atoms with Crippen molar-refractivity contribution in [3.05, 3.63) is 23.8 Å². The number of sulfonamides is 1. The van der Waals surface area contributed by atoms with Crippen molar-refractivity contribution < 1.29 is 8.42 Å². The van der Waals surface area contributed by atoms with Crippen molar-refractivity contribution in [2.75, 3.05) is 23.3 Å². The Hall–Kier alpha value is -1.27. The van der Waals surface area contributed by atoms with E-state index in [2.05, 4.69) is 5.32 Å². The van der Waals surface area contributed by atoms with Crippen LogP contribution in [0.4, 0.5) is 11.4 Å². The molecule has 0 saturated heterocycles. The summed E-state index contributed by atoms with van der Waals surface area (Å²) in [7, 11) is -3.41. The van der Waals surface area contributed by atoms with E-state index in [0.29, 0.717) is 5.69 Å². The van der Waals surface area contributed by atoms with Crippen molar-refractivity contribution >= 4 is 21.4 Å². The van der Waals surface area contributed by atoms with Gasteiger partial charge in [-0.2, -0.15) is 0 Å². The van der Waals surface area contributed by atoms with Gasteiger partial charge in [0.2, 0.25) is 10.0 Å². The molecule has 15 heavy (non-hydrogen) atoms. The summed E-state index contributed by atoms with van der Waals surface area (Å²) in [6.45, 7) is 2.20. The maximum atomic E-state index is 10.7. The first-order valence-corrected chi connectivity index (χ1v) is 6.20. The quantitative estimate of drug-likeness (QED) is 0.646. The lowest BCUT2D eigenvalue weighted by Gasteiger charge is -2.09. The van der Waals surface area contributed by atoms with E-state index in [1.165, 1.54) is 0 Å². The van der Waals surface area contributed by atoms with Crippen molar-refractivity contribution in [1.82, 2.24) is 0 Å². The first kappa shape index (κ1) is 11.8. The average molecular weight is 229 g/mol. The monoisotopic (exact) mass is 229 g/mol. The van der Waals surface area contributed by atoms with Gasteiger partial charge in [-0.25, -0.2) is 13.6 Å². The van der Waals surface area contributed by atoms with Gasteiger partial charge in [-0.1, -0.05) is 6.07 Å². The minimum atomic E-state index is -3.41. The summed E-state index contributed by atoms with van der Waals surface area (Å²) in [6, 6.07) is 5.42. The molecule has 0 bridgehead atoms. The minimum Gasteiger partial charge on any atom is -0.399 e. The highest BCUT2D eigenvalue weighted by atomic mass is 32.2. The largest absolute Gasteiger partial charge is 0.399 e. The molecule has 84 valence electrons. The summed E-state index contributed by atoms with van der Waals surface area (Å²) < 4.78 is 21.4. The van der Waals surface area contributed by atoms with Gasteiger partial charge in [-0.3, -0.25) is 0 Å². The summed E-state index contributed by atoms with van der Waals surface area (Å²) in [5, 5.41) is 7.85. The normalized spacial score (nSPS) is 11.3. The molecule has 5 nitrogen and oxygen atoms in total. The second kappa shape index (κ2) is 4.50. The molecule has 0 aliphatic rings. The Morgan fingerprint density at radius 1 is 1.40 bits per heavy atom. The van der Waals surface area contributed by atoms with E-state index in [-0.39, 0.29) is 12.3 Å². The van der Waals surface area contributed by atoms with E-state index in [1.54, 1.807) is 12.1 Å². The second-order valence-electron chi connectivity index (χ2n) is 3.37. The zero-order valence-corrected chi connectivity index (χ0v) is 9.34. The molecule has 0 radical (unpaired) electrons. The van der Waals surface area contributed by atoms with Gasteiger partial charge in [0.25, 0.3) is 0 Å². The lowest BCUT2D eigenvalue weighted by molar-refractivity contribution is 0.598. The Morgan fingerprint density at radius 3 is 2.67 bits per heavy atom. The van der Waals surface area contributed by atoms with Crippen LogP contribution < -0.4 is 16.2 Å². The Balaban J connectivity index is 2.61. The van der Waals surface area contributed by atoms with Crippen LogP contribution in [-0.2, 0) is 10.0 Å². The van der Waals surface area contributed by atoms with Crippen molar-refractivity contribution in [2.45, 2.75) is 6.92 Å². The molecule has 0 aliphatic heterocycles. The van der Waals surface area contributed by atoms with Gasteiger partial charge in [-0.15, -0.1) is 0 Å². The Bertz CT molecular complexity index is 443. The van der Waals surface area contributed by atoms with Gasteiger partial charge in [0, 0.05) is 17.9 Å². The predicted octanol–water partition coefficient (Wildman–Crippen LogP) is 0.278. The maximum absolute atomic E-state index is 10.7. The van der Waals surface area contributed by atoms with Crippen LogP contribution in [0.15, 0.2) is 18.2 Å². The zero-order chi connectivity index (χ0) is 11.5. The third kappa shape index (κ3) is 4.18. The van der Waals surface area contributed by atoms with Crippen LogP contribution in [0.1, 0.15) is 5.56 Å². The summed E-state index contributed by atoms with van der Waals surface area (Å²) in [4.78, 5) is 0. The summed E-state index contributed by atoms with van der Waals surface area (Å²) in [5.74, 6) is -0.0960. The standard InChI is InChI=1S/C9H15N3O2S/c1-7-2-3-8(10)6-9(7)12-4-5-15(11,13)14/h2-3,6,12H,4-5,10H2,1H3,(H2,11,13,14). The molecule has 1 rings (SSSR count). The van der Waals surface area contributed by atoms with Gasteiger partial charge < -0.3 is 11.1 Å². The van der Waals surface area contributed by atoms with Crippen molar-refractivity contribution in [1.29, 1.82) is 0 Å². The number of nitrogens with one attached hydrogen (secondary N) is 1. The van der Waals surface area contributed by atoms with E-state index in [9.17, 15) is 8.42 Å². The second-order valence-corrected chi connectivity index (χ2v) is 5.10. The van der Waals surface area contributed by atoms with Gasteiger partial charge in [0.1, 0.15) is 0 Å². The van der Waals surface area contributed by atoms with Gasteiger partial charge in [0.05, 0.1) is 5.75 Å². The predicted molar refractivity (Wildman–Crippen MR) is 62.1 cm³/mol. The van der Waals surface area contributed by atoms with Crippen molar-refractivity contribution in [2.24, 2.45) is 5.14 Å². The highest BCUT2D eigenvalue weighted by Crippen LogP contribution is 2.17. The average Bonchev–Trinajstić information content (AvgIpc) is 2.09. The molecule has 5 N–H and O–H groups in total. The number of anilines is 2. The molecule has 0 spiro atoms. The van der Waals surface area contributed by atoms with Crippen molar-refractivity contribution in [3.63, 3.8) is 0 Å². The zero-order valence-electron chi connectivity index (χ0n) is 8.53. The molecule has 1 aromatic carbocycles. The Morgan fingerprint density at radius 2 is 2.07 bits per heavy atom. The van der Waals surface area contributed by atoms with Gasteiger partial charge in [0.15, 0.2) is 0 Å². The number of hydrogen-bond donors (Lipinski definition) is 3. The number of hydrogen-bond acceptors (Lipinski definition) is 4. The summed E-state index contributed by atoms with van der Waals surface area (Å²) in [6.07, 6.45) is 0. The Labute approximate surface area is 89.5 Å². The number of primary sulfonamides is 1. The third-order valence-electron chi connectivity index (χ3n) is 1.96. The smallest absolute Gasteiger partial charge is 0.210 e. The highest BCUT2D eigenvalue weighted by molar-refractivity contribution is 7.89. The molecule has 0 amide bonds. The van der Waals surface area contributed by atoms with E-state index in [1.807, 2.05) is 13.0 Å². The molecular formula is C9H15N3O2S. The van der Waals surface area contributed by atoms with Gasteiger partial charge >= 0.3 is 0 Å². The SMILES string of the molecule is Cc1ccc(N)cc1NCCS(N)(=O)=O. The molecule has 0 aliphatic carbocycles. The molecule has 0 atom stereocenters. The summed E-state index contributed by atoms with van der Waals surface area (Å²) >= 11 is 0. The minimum absolute atomic E-state index is 0.0960. The Kier molecular flexibility index (Phi) is 3.54. The van der Waals surface area contributed by atoms with Crippen LogP contribution in [0.25, 0.3) is 0 Å². The molecule has 0 aromatic heterocycles. The number of aryl methyl sites for hydroxylation is 1. The number of nitrogens with two attached hydrogens (primary N) is 2. The number of nitrogen functional groups attached to an aromatic ring is 1. The molecule has 0 fully saturated rings. The first-order chi connectivity index (χ1) is 6.88. The van der Waals surface area contributed by atoms with Crippen molar-refractivity contribution in [3.8, 4) is 0 Å². The molecule has 0 unspecified atom stereocenters. The topological polar surface area (TPSA) is 98.2 Å².